The number of thioether (sulfide) groups is 2. The maximum atomic E-state index is 10.8. The number of hydrogen-bond donors (Lipinski definition) is 0. The highest BCUT2D eigenvalue weighted by Gasteiger charge is 2.08. The number of hydrogen-bond acceptors (Lipinski definition) is 3. The van der Waals surface area contributed by atoms with Crippen molar-refractivity contribution in [2.24, 2.45) is 0 Å². The lowest BCUT2D eigenvalue weighted by Crippen LogP contribution is -2.08. The summed E-state index contributed by atoms with van der Waals surface area (Å²) in [4.78, 5) is 10.8. The molecule has 0 saturated heterocycles. The van der Waals surface area contributed by atoms with Crippen molar-refractivity contribution in [3.63, 3.8) is 0 Å². The molecule has 0 bridgehead atoms. The molecule has 1 atom stereocenters. The highest BCUT2D eigenvalue weighted by Crippen LogP contribution is 2.17. The van der Waals surface area contributed by atoms with E-state index in [4.69, 9.17) is 0 Å². The van der Waals surface area contributed by atoms with E-state index < -0.39 is 0 Å². The highest BCUT2D eigenvalue weighted by molar-refractivity contribution is 7.99. The molecule has 0 aromatic rings. The van der Waals surface area contributed by atoms with E-state index in [-0.39, 0.29) is 0 Å². The van der Waals surface area contributed by atoms with Crippen molar-refractivity contribution < 1.29 is 4.79 Å². The van der Waals surface area contributed by atoms with Gasteiger partial charge in [0.2, 0.25) is 0 Å². The molecule has 0 radical (unpaired) electrons. The summed E-state index contributed by atoms with van der Waals surface area (Å²) in [5.41, 5.74) is 0. The van der Waals surface area contributed by atoms with Gasteiger partial charge >= 0.3 is 0 Å². The van der Waals surface area contributed by atoms with Crippen molar-refractivity contribution in [2.45, 2.75) is 25.0 Å². The zero-order valence-corrected chi connectivity index (χ0v) is 9.06. The Morgan fingerprint density at radius 2 is 2.09 bits per heavy atom. The van der Waals surface area contributed by atoms with Gasteiger partial charge in [-0.3, -0.25) is 4.79 Å². The van der Waals surface area contributed by atoms with Crippen molar-refractivity contribution in [3.8, 4) is 0 Å². The number of rotatable bonds is 6. The number of Topliss-reactive ketones (excluding diaryl/α,β-unsaturated/α-hetero) is 1. The number of carbonyl (C=O) groups excluding carboxylic acids is 1. The monoisotopic (exact) mass is 192 g/mol. The van der Waals surface area contributed by atoms with Crippen LogP contribution in [-0.4, -0.2) is 29.3 Å². The lowest BCUT2D eigenvalue weighted by Gasteiger charge is -2.10. The quantitative estimate of drug-likeness (QED) is 0.643. The Morgan fingerprint density at radius 3 is 2.45 bits per heavy atom. The number of carbonyl (C=O) groups is 1. The summed E-state index contributed by atoms with van der Waals surface area (Å²) in [6.45, 7) is 1.67. The first-order chi connectivity index (χ1) is 5.20. The SMILES string of the molecule is CSCCC(CC(C)=O)SC. The third kappa shape index (κ3) is 6.76. The smallest absolute Gasteiger partial charge is 0.130 e. The van der Waals surface area contributed by atoms with Crippen LogP contribution >= 0.6 is 23.5 Å². The van der Waals surface area contributed by atoms with Crippen LogP contribution < -0.4 is 0 Å². The molecule has 11 heavy (non-hydrogen) atoms. The molecule has 1 unspecified atom stereocenters. The van der Waals surface area contributed by atoms with Crippen molar-refractivity contribution in [1.29, 1.82) is 0 Å². The Balaban J connectivity index is 3.49. The molecule has 0 rings (SSSR count). The Bertz CT molecular complexity index is 115. The molecule has 0 N–H and O–H groups in total. The van der Waals surface area contributed by atoms with Crippen molar-refractivity contribution in [3.05, 3.63) is 0 Å². The van der Waals surface area contributed by atoms with Crippen molar-refractivity contribution >= 4 is 29.3 Å². The molecule has 0 aromatic carbocycles. The summed E-state index contributed by atoms with van der Waals surface area (Å²) < 4.78 is 0. The van der Waals surface area contributed by atoms with E-state index in [0.717, 1.165) is 12.8 Å². The van der Waals surface area contributed by atoms with E-state index in [2.05, 4.69) is 12.5 Å². The van der Waals surface area contributed by atoms with E-state index in [1.54, 1.807) is 18.7 Å². The summed E-state index contributed by atoms with van der Waals surface area (Å²) in [5, 5.41) is 0.542. The number of ketones is 1. The summed E-state index contributed by atoms with van der Waals surface area (Å²) >= 11 is 3.65. The van der Waals surface area contributed by atoms with Gasteiger partial charge in [0.1, 0.15) is 5.78 Å². The fourth-order valence-corrected chi connectivity index (χ4v) is 2.30. The van der Waals surface area contributed by atoms with Crippen LogP contribution in [0.5, 0.6) is 0 Å². The van der Waals surface area contributed by atoms with Gasteiger partial charge in [0.05, 0.1) is 0 Å². The largest absolute Gasteiger partial charge is 0.300 e. The topological polar surface area (TPSA) is 17.1 Å². The second kappa shape index (κ2) is 7.04. The van der Waals surface area contributed by atoms with E-state index in [1.807, 2.05) is 11.8 Å². The molecule has 66 valence electrons. The van der Waals surface area contributed by atoms with Crippen LogP contribution in [-0.2, 0) is 4.79 Å². The Kier molecular flexibility index (Phi) is 7.28. The van der Waals surface area contributed by atoms with Gasteiger partial charge < -0.3 is 0 Å². The third-order valence-electron chi connectivity index (χ3n) is 1.49. The molecule has 0 aliphatic carbocycles. The van der Waals surface area contributed by atoms with Gasteiger partial charge in [-0.25, -0.2) is 0 Å². The van der Waals surface area contributed by atoms with Crippen molar-refractivity contribution in [1.82, 2.24) is 0 Å². The maximum Gasteiger partial charge on any atom is 0.130 e. The molecule has 0 aliphatic rings. The van der Waals surface area contributed by atoms with Gasteiger partial charge in [-0.2, -0.15) is 23.5 Å². The average Bonchev–Trinajstić information content (AvgIpc) is 1.97. The van der Waals surface area contributed by atoms with E-state index in [0.29, 0.717) is 11.0 Å². The van der Waals surface area contributed by atoms with Gasteiger partial charge in [0, 0.05) is 11.7 Å². The van der Waals surface area contributed by atoms with Crippen LogP contribution in [0, 0.1) is 0 Å². The Hall–Kier alpha value is 0.370. The molecule has 0 amide bonds. The molecular formula is C8H16OS2. The van der Waals surface area contributed by atoms with E-state index in [9.17, 15) is 4.79 Å². The predicted octanol–water partition coefficient (Wildman–Crippen LogP) is 2.45. The summed E-state index contributed by atoms with van der Waals surface area (Å²) in [7, 11) is 0. The highest BCUT2D eigenvalue weighted by atomic mass is 32.2. The zero-order valence-electron chi connectivity index (χ0n) is 7.42. The minimum atomic E-state index is 0.311. The summed E-state index contributed by atoms with van der Waals surface area (Å²) in [6, 6.07) is 0. The standard InChI is InChI=1S/C8H16OS2/c1-7(9)6-8(11-3)4-5-10-2/h8H,4-6H2,1-3H3. The Labute approximate surface area is 77.7 Å². The van der Waals surface area contributed by atoms with Gasteiger partial charge in [0.25, 0.3) is 0 Å². The minimum absolute atomic E-state index is 0.311. The zero-order chi connectivity index (χ0) is 8.69. The van der Waals surface area contributed by atoms with Gasteiger partial charge in [0.15, 0.2) is 0 Å². The molecular weight excluding hydrogens is 176 g/mol. The second-order valence-corrected chi connectivity index (χ2v) is 4.67. The summed E-state index contributed by atoms with van der Waals surface area (Å²) in [5.74, 6) is 1.48. The van der Waals surface area contributed by atoms with Crippen LogP contribution in [0.3, 0.4) is 0 Å². The van der Waals surface area contributed by atoms with Crippen LogP contribution in [0.1, 0.15) is 19.8 Å². The molecule has 0 aliphatic heterocycles. The molecule has 0 heterocycles. The first-order valence-corrected chi connectivity index (χ1v) is 6.40. The van der Waals surface area contributed by atoms with Gasteiger partial charge in [-0.15, -0.1) is 0 Å². The first kappa shape index (κ1) is 11.4. The van der Waals surface area contributed by atoms with Crippen LogP contribution in [0.4, 0.5) is 0 Å². The van der Waals surface area contributed by atoms with Crippen molar-refractivity contribution in [2.75, 3.05) is 18.3 Å². The molecule has 0 saturated carbocycles. The summed E-state index contributed by atoms with van der Waals surface area (Å²) in [6.07, 6.45) is 6.07. The molecule has 3 heteroatoms. The third-order valence-corrected chi connectivity index (χ3v) is 3.21. The van der Waals surface area contributed by atoms with Crippen LogP contribution in [0.2, 0.25) is 0 Å². The molecule has 1 nitrogen and oxygen atoms in total. The van der Waals surface area contributed by atoms with E-state index >= 15 is 0 Å². The van der Waals surface area contributed by atoms with Gasteiger partial charge in [-0.1, -0.05) is 0 Å². The fraction of sp³-hybridized carbons (Fsp3) is 0.875. The van der Waals surface area contributed by atoms with E-state index in [1.165, 1.54) is 5.75 Å². The second-order valence-electron chi connectivity index (χ2n) is 2.55. The first-order valence-electron chi connectivity index (χ1n) is 3.72. The molecule has 0 aromatic heterocycles. The fourth-order valence-electron chi connectivity index (χ4n) is 0.873. The van der Waals surface area contributed by atoms with Crippen LogP contribution in [0.15, 0.2) is 0 Å². The lowest BCUT2D eigenvalue weighted by molar-refractivity contribution is -0.116. The Morgan fingerprint density at radius 1 is 1.45 bits per heavy atom. The minimum Gasteiger partial charge on any atom is -0.300 e. The maximum absolute atomic E-state index is 10.8. The average molecular weight is 192 g/mol. The normalized spacial score (nSPS) is 13.0. The molecule has 0 fully saturated rings. The molecule has 0 spiro atoms. The lowest BCUT2D eigenvalue weighted by atomic mass is 10.2. The van der Waals surface area contributed by atoms with Crippen LogP contribution in [0.25, 0.3) is 0 Å². The predicted molar refractivity (Wildman–Crippen MR) is 55.6 cm³/mol. The van der Waals surface area contributed by atoms with Gasteiger partial charge in [-0.05, 0) is 31.6 Å².